The number of halogens is 1. The minimum absolute atomic E-state index is 0.188. The van der Waals surface area contributed by atoms with Gasteiger partial charge in [-0.05, 0) is 52.0 Å². The molecule has 1 N–H and O–H groups in total. The lowest BCUT2D eigenvalue weighted by molar-refractivity contribution is 0.103. The second kappa shape index (κ2) is 9.28. The molecule has 7 heteroatoms. The third-order valence-corrected chi connectivity index (χ3v) is 5.96. The third-order valence-electron chi connectivity index (χ3n) is 4.40. The highest BCUT2D eigenvalue weighted by atomic mass is 79.9. The van der Waals surface area contributed by atoms with Crippen LogP contribution in [0.15, 0.2) is 76.7 Å². The number of aromatic nitrogens is 2. The number of hydrogen-bond donors (Lipinski definition) is 1. The lowest BCUT2D eigenvalue weighted by atomic mass is 10.1. The highest BCUT2D eigenvalue weighted by Crippen LogP contribution is 2.23. The second-order valence-electron chi connectivity index (χ2n) is 6.89. The maximum atomic E-state index is 12.7. The Balaban J connectivity index is 1.38. The summed E-state index contributed by atoms with van der Waals surface area (Å²) >= 11 is 4.87. The molecule has 0 fully saturated rings. The lowest BCUT2D eigenvalue weighted by Crippen LogP contribution is -2.11. The van der Waals surface area contributed by atoms with Gasteiger partial charge in [0.2, 0.25) is 0 Å². The number of benzene rings is 2. The number of rotatable bonds is 7. The van der Waals surface area contributed by atoms with Crippen LogP contribution in [0.2, 0.25) is 0 Å². The van der Waals surface area contributed by atoms with E-state index in [2.05, 4.69) is 51.5 Å². The number of para-hydroxylation sites is 1. The van der Waals surface area contributed by atoms with Gasteiger partial charge in [-0.15, -0.1) is 11.3 Å². The molecule has 0 aliphatic heterocycles. The fourth-order valence-electron chi connectivity index (χ4n) is 2.98. The number of amides is 1. The van der Waals surface area contributed by atoms with Crippen LogP contribution in [0.4, 0.5) is 5.82 Å². The van der Waals surface area contributed by atoms with E-state index >= 15 is 0 Å². The van der Waals surface area contributed by atoms with Gasteiger partial charge in [-0.2, -0.15) is 5.10 Å². The molecule has 152 valence electrons. The molecule has 2 aromatic carbocycles. The van der Waals surface area contributed by atoms with Crippen LogP contribution < -0.4 is 10.1 Å². The van der Waals surface area contributed by atoms with E-state index in [1.54, 1.807) is 0 Å². The topological polar surface area (TPSA) is 56.2 Å². The first-order valence-corrected chi connectivity index (χ1v) is 11.1. The predicted octanol–water partition coefficient (Wildman–Crippen LogP) is 5.90. The van der Waals surface area contributed by atoms with Gasteiger partial charge >= 0.3 is 0 Å². The van der Waals surface area contributed by atoms with Gasteiger partial charge < -0.3 is 10.1 Å². The van der Waals surface area contributed by atoms with Gasteiger partial charge in [-0.25, -0.2) is 0 Å². The fourth-order valence-corrected chi connectivity index (χ4v) is 4.19. The molecule has 0 radical (unpaired) electrons. The molecule has 0 atom stereocenters. The monoisotopic (exact) mass is 481 g/mol. The molecule has 0 spiro atoms. The Morgan fingerprint density at radius 2 is 1.97 bits per heavy atom. The maximum absolute atomic E-state index is 12.7. The Kier molecular flexibility index (Phi) is 6.30. The molecule has 0 saturated heterocycles. The zero-order chi connectivity index (χ0) is 20.9. The molecule has 1 amide bonds. The number of nitrogens with one attached hydrogen (secondary N) is 1. The molecule has 0 saturated carbocycles. The van der Waals surface area contributed by atoms with Crippen molar-refractivity contribution < 1.29 is 9.53 Å². The summed E-state index contributed by atoms with van der Waals surface area (Å²) in [5, 5.41) is 9.32. The zero-order valence-electron chi connectivity index (χ0n) is 16.3. The van der Waals surface area contributed by atoms with E-state index in [9.17, 15) is 4.79 Å². The average Bonchev–Trinajstić information content (AvgIpc) is 3.34. The molecule has 0 unspecified atom stereocenters. The van der Waals surface area contributed by atoms with E-state index in [4.69, 9.17) is 4.74 Å². The predicted molar refractivity (Wildman–Crippen MR) is 123 cm³/mol. The first-order valence-electron chi connectivity index (χ1n) is 9.42. The van der Waals surface area contributed by atoms with Gasteiger partial charge in [-0.1, -0.05) is 48.0 Å². The molecule has 5 nitrogen and oxygen atoms in total. The summed E-state index contributed by atoms with van der Waals surface area (Å²) in [6, 6.07) is 19.7. The van der Waals surface area contributed by atoms with Gasteiger partial charge in [0.25, 0.3) is 5.91 Å². The molecule has 2 heterocycles. The van der Waals surface area contributed by atoms with Crippen molar-refractivity contribution in [3.05, 3.63) is 98.3 Å². The Bertz CT molecular complexity index is 1150. The average molecular weight is 482 g/mol. The quantitative estimate of drug-likeness (QED) is 0.357. The van der Waals surface area contributed by atoms with E-state index in [1.165, 1.54) is 16.9 Å². The lowest BCUT2D eigenvalue weighted by Gasteiger charge is -2.04. The third kappa shape index (κ3) is 5.17. The van der Waals surface area contributed by atoms with Crippen molar-refractivity contribution in [2.24, 2.45) is 0 Å². The van der Waals surface area contributed by atoms with Crippen LogP contribution in [0.25, 0.3) is 0 Å². The number of hydrogen-bond acceptors (Lipinski definition) is 4. The van der Waals surface area contributed by atoms with Crippen LogP contribution in [-0.4, -0.2) is 15.7 Å². The van der Waals surface area contributed by atoms with E-state index in [0.717, 1.165) is 21.3 Å². The van der Waals surface area contributed by atoms with Gasteiger partial charge in [0.1, 0.15) is 12.4 Å². The SMILES string of the molecule is Cc1cccc(Cn2cc(Br)c(NC(=O)c3cc(COc4ccccc4)cs3)n2)c1. The molecule has 0 aliphatic rings. The highest BCUT2D eigenvalue weighted by molar-refractivity contribution is 9.10. The van der Waals surface area contributed by atoms with Crippen LogP contribution in [0.1, 0.15) is 26.4 Å². The summed E-state index contributed by atoms with van der Waals surface area (Å²) in [7, 11) is 0. The Morgan fingerprint density at radius 1 is 1.13 bits per heavy atom. The first-order chi connectivity index (χ1) is 14.6. The van der Waals surface area contributed by atoms with Crippen molar-refractivity contribution in [3.8, 4) is 5.75 Å². The van der Waals surface area contributed by atoms with E-state index < -0.39 is 0 Å². The number of ether oxygens (including phenoxy) is 1. The molecule has 30 heavy (non-hydrogen) atoms. The van der Waals surface area contributed by atoms with Crippen LogP contribution in [0.5, 0.6) is 5.75 Å². The molecule has 4 rings (SSSR count). The molecule has 2 aromatic heterocycles. The standard InChI is InChI=1S/C23H20BrN3O2S/c1-16-6-5-7-17(10-16)12-27-13-20(24)22(26-27)25-23(28)21-11-18(15-30-21)14-29-19-8-3-2-4-9-19/h2-11,13,15H,12,14H2,1H3,(H,25,26,28). The highest BCUT2D eigenvalue weighted by Gasteiger charge is 2.14. The summed E-state index contributed by atoms with van der Waals surface area (Å²) < 4.78 is 8.29. The first kappa shape index (κ1) is 20.4. The summed E-state index contributed by atoms with van der Waals surface area (Å²) in [5.74, 6) is 1.12. The Morgan fingerprint density at radius 3 is 2.77 bits per heavy atom. The summed E-state index contributed by atoms with van der Waals surface area (Å²) in [6.07, 6.45) is 1.87. The molecular weight excluding hydrogens is 462 g/mol. The number of carbonyl (C=O) groups excluding carboxylic acids is 1. The van der Waals surface area contributed by atoms with Gasteiger partial charge in [-0.3, -0.25) is 9.48 Å². The van der Waals surface area contributed by atoms with Gasteiger partial charge in [0.15, 0.2) is 5.82 Å². The number of carbonyl (C=O) groups is 1. The normalized spacial score (nSPS) is 10.7. The van der Waals surface area contributed by atoms with Crippen LogP contribution in [-0.2, 0) is 13.2 Å². The van der Waals surface area contributed by atoms with Crippen molar-refractivity contribution in [1.82, 2.24) is 9.78 Å². The minimum atomic E-state index is -0.188. The summed E-state index contributed by atoms with van der Waals surface area (Å²) in [5.41, 5.74) is 3.32. The summed E-state index contributed by atoms with van der Waals surface area (Å²) in [6.45, 7) is 3.12. The van der Waals surface area contributed by atoms with Crippen LogP contribution >= 0.6 is 27.3 Å². The van der Waals surface area contributed by atoms with Crippen LogP contribution in [0.3, 0.4) is 0 Å². The number of anilines is 1. The van der Waals surface area contributed by atoms with Gasteiger partial charge in [0.05, 0.1) is 15.9 Å². The fraction of sp³-hybridized carbons (Fsp3) is 0.130. The van der Waals surface area contributed by atoms with Crippen molar-refractivity contribution in [3.63, 3.8) is 0 Å². The minimum Gasteiger partial charge on any atom is -0.489 e. The molecule has 0 aliphatic carbocycles. The van der Waals surface area contributed by atoms with Crippen molar-refractivity contribution in [1.29, 1.82) is 0 Å². The van der Waals surface area contributed by atoms with Crippen molar-refractivity contribution in [2.75, 3.05) is 5.32 Å². The van der Waals surface area contributed by atoms with Crippen molar-refractivity contribution in [2.45, 2.75) is 20.1 Å². The Labute approximate surface area is 187 Å². The number of aryl methyl sites for hydroxylation is 1. The molecule has 4 aromatic rings. The summed E-state index contributed by atoms with van der Waals surface area (Å²) in [4.78, 5) is 13.3. The van der Waals surface area contributed by atoms with E-state index in [1.807, 2.05) is 58.7 Å². The van der Waals surface area contributed by atoms with Gasteiger partial charge in [0, 0.05) is 11.8 Å². The number of thiophene rings is 1. The van der Waals surface area contributed by atoms with E-state index in [0.29, 0.717) is 23.8 Å². The second-order valence-corrected chi connectivity index (χ2v) is 8.65. The zero-order valence-corrected chi connectivity index (χ0v) is 18.7. The van der Waals surface area contributed by atoms with E-state index in [-0.39, 0.29) is 5.91 Å². The Hall–Kier alpha value is -2.90. The number of nitrogens with zero attached hydrogens (tertiary/aromatic N) is 2. The maximum Gasteiger partial charge on any atom is 0.266 e. The van der Waals surface area contributed by atoms with Crippen LogP contribution in [0, 0.1) is 6.92 Å². The van der Waals surface area contributed by atoms with Crippen molar-refractivity contribution >= 4 is 39.0 Å². The smallest absolute Gasteiger partial charge is 0.266 e. The molecule has 0 bridgehead atoms. The largest absolute Gasteiger partial charge is 0.489 e. The molecular formula is C23H20BrN3O2S.